The minimum atomic E-state index is -0.370. The van der Waals surface area contributed by atoms with Crippen molar-refractivity contribution in [2.75, 3.05) is 0 Å². The van der Waals surface area contributed by atoms with E-state index in [1.807, 2.05) is 0 Å². The van der Waals surface area contributed by atoms with Crippen LogP contribution in [0, 0.1) is 5.82 Å². The summed E-state index contributed by atoms with van der Waals surface area (Å²) in [5.74, 6) is -0.0536. The molecule has 0 radical (unpaired) electrons. The molecule has 2 rings (SSSR count). The summed E-state index contributed by atoms with van der Waals surface area (Å²) in [5, 5.41) is 9.47. The van der Waals surface area contributed by atoms with Crippen LogP contribution in [0.2, 0.25) is 5.02 Å². The lowest BCUT2D eigenvalue weighted by Crippen LogP contribution is -1.81. The van der Waals surface area contributed by atoms with Gasteiger partial charge in [0.2, 0.25) is 0 Å². The largest absolute Gasteiger partial charge is 0.207 e. The fourth-order valence-corrected chi connectivity index (χ4v) is 2.34. The Bertz CT molecular complexity index is 487. The zero-order valence-electron chi connectivity index (χ0n) is 7.38. The highest BCUT2D eigenvalue weighted by atomic mass is 35.5. The summed E-state index contributed by atoms with van der Waals surface area (Å²) in [6.45, 7) is 0. The topological polar surface area (TPSA) is 25.8 Å². The molecule has 0 aliphatic carbocycles. The minimum Gasteiger partial charge on any atom is -0.207 e. The third-order valence-electron chi connectivity index (χ3n) is 1.74. The van der Waals surface area contributed by atoms with Crippen LogP contribution in [0.3, 0.4) is 0 Å². The molecule has 0 atom stereocenters. The Kier molecular flexibility index (Phi) is 3.19. The first kappa shape index (κ1) is 10.8. The summed E-state index contributed by atoms with van der Waals surface area (Å²) in [6.07, 6.45) is 0. The van der Waals surface area contributed by atoms with Crippen LogP contribution >= 0.6 is 34.5 Å². The maximum absolute atomic E-state index is 12.8. The van der Waals surface area contributed by atoms with Gasteiger partial charge in [0.25, 0.3) is 0 Å². The fraction of sp³-hybridized carbons (Fsp3) is 0.111. The van der Waals surface area contributed by atoms with Gasteiger partial charge in [-0.15, -0.1) is 21.8 Å². The molecule has 78 valence electrons. The highest BCUT2D eigenvalue weighted by Crippen LogP contribution is 2.30. The van der Waals surface area contributed by atoms with Crippen LogP contribution in [0.4, 0.5) is 4.39 Å². The molecular formula is C9H5Cl2FN2S. The molecule has 2 aromatic rings. The molecule has 0 aliphatic heterocycles. The maximum atomic E-state index is 12.8. The van der Waals surface area contributed by atoms with Gasteiger partial charge in [-0.3, -0.25) is 0 Å². The van der Waals surface area contributed by atoms with Gasteiger partial charge in [-0.1, -0.05) is 22.9 Å². The van der Waals surface area contributed by atoms with Crippen molar-refractivity contribution < 1.29 is 4.39 Å². The molecular weight excluding hydrogens is 258 g/mol. The third kappa shape index (κ3) is 2.27. The lowest BCUT2D eigenvalue weighted by atomic mass is 10.2. The Balaban J connectivity index is 2.44. The molecule has 0 aliphatic rings. The Hall–Kier alpha value is -0.710. The highest BCUT2D eigenvalue weighted by Gasteiger charge is 2.10. The van der Waals surface area contributed by atoms with Crippen molar-refractivity contribution in [3.05, 3.63) is 34.0 Å². The van der Waals surface area contributed by atoms with Gasteiger partial charge in [-0.2, -0.15) is 0 Å². The third-order valence-corrected chi connectivity index (χ3v) is 3.42. The zero-order valence-corrected chi connectivity index (χ0v) is 9.70. The Morgan fingerprint density at radius 2 is 2.13 bits per heavy atom. The normalized spacial score (nSPS) is 10.6. The molecule has 0 bridgehead atoms. The van der Waals surface area contributed by atoms with Crippen LogP contribution in [0.15, 0.2) is 18.2 Å². The number of alkyl halides is 1. The smallest absolute Gasteiger partial charge is 0.149 e. The fourth-order valence-electron chi connectivity index (χ4n) is 1.08. The summed E-state index contributed by atoms with van der Waals surface area (Å²) in [7, 11) is 0. The molecule has 0 amide bonds. The number of hydrogen-bond donors (Lipinski definition) is 0. The van der Waals surface area contributed by atoms with Gasteiger partial charge < -0.3 is 0 Å². The van der Waals surface area contributed by atoms with Crippen molar-refractivity contribution >= 4 is 34.5 Å². The minimum absolute atomic E-state index is 0.316. The Morgan fingerprint density at radius 1 is 1.33 bits per heavy atom. The summed E-state index contributed by atoms with van der Waals surface area (Å²) in [6, 6.07) is 4.16. The number of benzene rings is 1. The van der Waals surface area contributed by atoms with E-state index in [0.29, 0.717) is 26.5 Å². The predicted octanol–water partition coefficient (Wildman–Crippen LogP) is 3.74. The summed E-state index contributed by atoms with van der Waals surface area (Å²) >= 11 is 12.8. The van der Waals surface area contributed by atoms with Gasteiger partial charge in [0.05, 0.1) is 10.9 Å². The number of nitrogens with zero attached hydrogens (tertiary/aromatic N) is 2. The van der Waals surface area contributed by atoms with Crippen LogP contribution in [0.1, 0.15) is 5.01 Å². The van der Waals surface area contributed by atoms with Gasteiger partial charge in [-0.25, -0.2) is 4.39 Å². The highest BCUT2D eigenvalue weighted by molar-refractivity contribution is 7.14. The predicted molar refractivity (Wildman–Crippen MR) is 59.9 cm³/mol. The van der Waals surface area contributed by atoms with E-state index in [-0.39, 0.29) is 5.82 Å². The van der Waals surface area contributed by atoms with Gasteiger partial charge >= 0.3 is 0 Å². The molecule has 0 saturated carbocycles. The van der Waals surface area contributed by atoms with E-state index in [4.69, 9.17) is 23.2 Å². The molecule has 0 N–H and O–H groups in total. The van der Waals surface area contributed by atoms with Gasteiger partial charge in [0, 0.05) is 5.56 Å². The van der Waals surface area contributed by atoms with Crippen molar-refractivity contribution in [2.45, 2.75) is 5.88 Å². The van der Waals surface area contributed by atoms with Crippen LogP contribution in [-0.2, 0) is 5.88 Å². The Morgan fingerprint density at radius 3 is 2.73 bits per heavy atom. The first-order chi connectivity index (χ1) is 7.20. The van der Waals surface area contributed by atoms with E-state index in [1.54, 1.807) is 6.07 Å². The number of hydrogen-bond acceptors (Lipinski definition) is 3. The standard InChI is InChI=1S/C9H5Cl2FN2S/c10-4-8-13-14-9(15-8)6-2-1-5(12)3-7(6)11/h1-3H,4H2. The quantitative estimate of drug-likeness (QED) is 0.771. The summed E-state index contributed by atoms with van der Waals surface area (Å²) in [4.78, 5) is 0. The number of aromatic nitrogens is 2. The second-order valence-corrected chi connectivity index (χ2v) is 4.50. The van der Waals surface area contributed by atoms with E-state index >= 15 is 0 Å². The van der Waals surface area contributed by atoms with E-state index in [2.05, 4.69) is 10.2 Å². The maximum Gasteiger partial charge on any atom is 0.149 e. The van der Waals surface area contributed by atoms with Crippen LogP contribution < -0.4 is 0 Å². The average molecular weight is 263 g/mol. The lowest BCUT2D eigenvalue weighted by Gasteiger charge is -1.98. The van der Waals surface area contributed by atoms with E-state index in [1.165, 1.54) is 23.5 Å². The molecule has 0 fully saturated rings. The van der Waals surface area contributed by atoms with Crippen LogP contribution in [0.5, 0.6) is 0 Å². The van der Waals surface area contributed by atoms with Crippen molar-refractivity contribution in [3.63, 3.8) is 0 Å². The number of halogens is 3. The van der Waals surface area contributed by atoms with Crippen molar-refractivity contribution in [1.82, 2.24) is 10.2 Å². The SMILES string of the molecule is Fc1ccc(-c2nnc(CCl)s2)c(Cl)c1. The van der Waals surface area contributed by atoms with E-state index in [0.717, 1.165) is 0 Å². The molecule has 15 heavy (non-hydrogen) atoms. The number of rotatable bonds is 2. The molecule has 1 aromatic heterocycles. The summed E-state index contributed by atoms with van der Waals surface area (Å²) < 4.78 is 12.8. The van der Waals surface area contributed by atoms with Gasteiger partial charge in [-0.05, 0) is 18.2 Å². The van der Waals surface area contributed by atoms with Crippen LogP contribution in [-0.4, -0.2) is 10.2 Å². The summed E-state index contributed by atoms with van der Waals surface area (Å²) in [5.41, 5.74) is 0.673. The molecule has 0 unspecified atom stereocenters. The van der Waals surface area contributed by atoms with Crippen LogP contribution in [0.25, 0.3) is 10.6 Å². The van der Waals surface area contributed by atoms with Crippen molar-refractivity contribution in [1.29, 1.82) is 0 Å². The second kappa shape index (κ2) is 4.43. The first-order valence-electron chi connectivity index (χ1n) is 4.04. The first-order valence-corrected chi connectivity index (χ1v) is 5.77. The second-order valence-electron chi connectivity index (χ2n) is 2.76. The van der Waals surface area contributed by atoms with Crippen molar-refractivity contribution in [3.8, 4) is 10.6 Å². The van der Waals surface area contributed by atoms with Crippen molar-refractivity contribution in [2.24, 2.45) is 0 Å². The molecule has 6 heteroatoms. The Labute approximate surface area is 99.7 Å². The zero-order chi connectivity index (χ0) is 10.8. The average Bonchev–Trinajstić information content (AvgIpc) is 2.66. The van der Waals surface area contributed by atoms with Gasteiger partial charge in [0.15, 0.2) is 0 Å². The monoisotopic (exact) mass is 262 g/mol. The van der Waals surface area contributed by atoms with Gasteiger partial charge in [0.1, 0.15) is 15.8 Å². The molecule has 2 nitrogen and oxygen atoms in total. The van der Waals surface area contributed by atoms with E-state index in [9.17, 15) is 4.39 Å². The molecule has 0 saturated heterocycles. The van der Waals surface area contributed by atoms with E-state index < -0.39 is 0 Å². The molecule has 1 heterocycles. The molecule has 0 spiro atoms. The lowest BCUT2D eigenvalue weighted by molar-refractivity contribution is 0.628. The molecule has 1 aromatic carbocycles.